The quantitative estimate of drug-likeness (QED) is 0.374. The number of carbonyl (C=O) groups is 1. The molecule has 1 aliphatic heterocycles. The smallest absolute Gasteiger partial charge is 0.320 e. The van der Waals surface area contributed by atoms with E-state index in [4.69, 9.17) is 10.8 Å². The summed E-state index contributed by atoms with van der Waals surface area (Å²) in [5.74, 6) is -1.41. The van der Waals surface area contributed by atoms with Crippen molar-refractivity contribution in [2.75, 3.05) is 13.1 Å². The van der Waals surface area contributed by atoms with Crippen LogP contribution in [0.2, 0.25) is 0 Å². The zero-order chi connectivity index (χ0) is 8.43. The molecule has 1 aliphatic rings. The lowest BCUT2D eigenvalue weighted by Gasteiger charge is -2.16. The van der Waals surface area contributed by atoms with Gasteiger partial charge in [-0.1, -0.05) is 0 Å². The van der Waals surface area contributed by atoms with E-state index in [1.165, 1.54) is 0 Å². The minimum atomic E-state index is -1.06. The molecule has 1 heterocycles. The molecule has 0 aromatic carbocycles. The van der Waals surface area contributed by atoms with Gasteiger partial charge in [-0.05, 0) is 0 Å². The van der Waals surface area contributed by atoms with Crippen molar-refractivity contribution in [1.82, 2.24) is 5.32 Å². The van der Waals surface area contributed by atoms with E-state index in [0.29, 0.717) is 13.1 Å². The van der Waals surface area contributed by atoms with Gasteiger partial charge in [0.05, 0.1) is 6.10 Å². The predicted molar refractivity (Wildman–Crippen MR) is 38.0 cm³/mol. The molecule has 0 saturated carbocycles. The number of β-amino-alcohol motifs (C(OH)–C–C–N with tert-alkyl or cyclic N) is 1. The fourth-order valence-electron chi connectivity index (χ4n) is 1.23. The van der Waals surface area contributed by atoms with Crippen molar-refractivity contribution in [3.05, 3.63) is 0 Å². The highest BCUT2D eigenvalue weighted by Gasteiger charge is 2.33. The highest BCUT2D eigenvalue weighted by atomic mass is 16.4. The molecule has 0 aromatic rings. The van der Waals surface area contributed by atoms with Crippen LogP contribution in [-0.2, 0) is 4.79 Å². The normalized spacial score (nSPS) is 33.6. The largest absolute Gasteiger partial charge is 0.480 e. The van der Waals surface area contributed by atoms with E-state index in [9.17, 15) is 9.90 Å². The van der Waals surface area contributed by atoms with Crippen molar-refractivity contribution >= 4 is 5.97 Å². The number of hydrogen-bond donors (Lipinski definition) is 4. The molecule has 64 valence electrons. The summed E-state index contributed by atoms with van der Waals surface area (Å²) >= 11 is 0. The molecule has 11 heavy (non-hydrogen) atoms. The third-order valence-electron chi connectivity index (χ3n) is 1.97. The maximum absolute atomic E-state index is 10.4. The van der Waals surface area contributed by atoms with Crippen molar-refractivity contribution < 1.29 is 15.0 Å². The first-order valence-corrected chi connectivity index (χ1v) is 3.50. The number of hydrogen-bond acceptors (Lipinski definition) is 4. The Kier molecular flexibility index (Phi) is 2.43. The van der Waals surface area contributed by atoms with E-state index in [1.54, 1.807) is 0 Å². The molecular formula is C6H12N2O3. The van der Waals surface area contributed by atoms with Crippen molar-refractivity contribution in [2.45, 2.75) is 12.1 Å². The summed E-state index contributed by atoms with van der Waals surface area (Å²) in [4.78, 5) is 10.4. The molecular weight excluding hydrogens is 148 g/mol. The molecule has 5 nitrogen and oxygen atoms in total. The molecule has 5 N–H and O–H groups in total. The Hall–Kier alpha value is -0.650. The molecule has 3 atom stereocenters. The lowest BCUT2D eigenvalue weighted by Crippen LogP contribution is -2.43. The summed E-state index contributed by atoms with van der Waals surface area (Å²) in [5.41, 5.74) is 5.31. The highest BCUT2D eigenvalue weighted by molar-refractivity contribution is 5.73. The number of aliphatic carboxylic acids is 1. The standard InChI is InChI=1S/C6H12N2O3/c7-5(6(10)11)3-1-8-2-4(3)9/h3-5,8-9H,1-2,7H2,(H,10,11)/t3-,4-,5-/m0/s1. The number of nitrogens with two attached hydrogens (primary N) is 1. The first-order chi connectivity index (χ1) is 5.13. The zero-order valence-electron chi connectivity index (χ0n) is 6.03. The van der Waals surface area contributed by atoms with Crippen LogP contribution < -0.4 is 11.1 Å². The van der Waals surface area contributed by atoms with E-state index < -0.39 is 18.1 Å². The van der Waals surface area contributed by atoms with Crippen LogP contribution in [0.5, 0.6) is 0 Å². The Bertz CT molecular complexity index is 162. The molecule has 1 rings (SSSR count). The minimum absolute atomic E-state index is 0.354. The van der Waals surface area contributed by atoms with Gasteiger partial charge in [0.2, 0.25) is 0 Å². The lowest BCUT2D eigenvalue weighted by molar-refractivity contribution is -0.140. The van der Waals surface area contributed by atoms with Gasteiger partial charge in [0.1, 0.15) is 6.04 Å². The summed E-state index contributed by atoms with van der Waals surface area (Å²) in [5, 5.41) is 20.6. The molecule has 0 radical (unpaired) electrons. The van der Waals surface area contributed by atoms with E-state index in [1.807, 2.05) is 0 Å². The van der Waals surface area contributed by atoms with Gasteiger partial charge in [0.25, 0.3) is 0 Å². The predicted octanol–water partition coefficient (Wildman–Crippen LogP) is -2.02. The Balaban J connectivity index is 2.52. The Morgan fingerprint density at radius 1 is 1.64 bits per heavy atom. The average Bonchev–Trinajstić information content (AvgIpc) is 2.33. The van der Waals surface area contributed by atoms with Crippen LogP contribution in [0.1, 0.15) is 0 Å². The molecule has 0 amide bonds. The minimum Gasteiger partial charge on any atom is -0.480 e. The molecule has 1 saturated heterocycles. The van der Waals surface area contributed by atoms with Crippen LogP contribution >= 0.6 is 0 Å². The number of carboxylic acid groups (broad SMARTS) is 1. The summed E-state index contributed by atoms with van der Waals surface area (Å²) in [6, 6.07) is -0.958. The third kappa shape index (κ3) is 1.68. The molecule has 0 spiro atoms. The molecule has 5 heteroatoms. The number of aliphatic hydroxyl groups is 1. The highest BCUT2D eigenvalue weighted by Crippen LogP contribution is 2.11. The van der Waals surface area contributed by atoms with E-state index in [-0.39, 0.29) is 5.92 Å². The molecule has 0 aliphatic carbocycles. The van der Waals surface area contributed by atoms with E-state index in [0.717, 1.165) is 0 Å². The van der Waals surface area contributed by atoms with Gasteiger partial charge in [-0.25, -0.2) is 0 Å². The van der Waals surface area contributed by atoms with Crippen LogP contribution in [0.25, 0.3) is 0 Å². The van der Waals surface area contributed by atoms with E-state index >= 15 is 0 Å². The first kappa shape index (κ1) is 8.45. The molecule has 1 fully saturated rings. The maximum Gasteiger partial charge on any atom is 0.320 e. The SMILES string of the molecule is N[C@H](C(=O)O)[C@H]1CNC[C@@H]1O. The summed E-state index contributed by atoms with van der Waals surface area (Å²) in [7, 11) is 0. The summed E-state index contributed by atoms with van der Waals surface area (Å²) in [6.07, 6.45) is -0.624. The molecule has 0 unspecified atom stereocenters. The van der Waals surface area contributed by atoms with Crippen molar-refractivity contribution in [1.29, 1.82) is 0 Å². The Labute approximate surface area is 64.2 Å². The first-order valence-electron chi connectivity index (χ1n) is 3.50. The van der Waals surface area contributed by atoms with Crippen molar-refractivity contribution in [3.8, 4) is 0 Å². The fourth-order valence-corrected chi connectivity index (χ4v) is 1.23. The van der Waals surface area contributed by atoms with Gasteiger partial charge in [-0.3, -0.25) is 4.79 Å². The Morgan fingerprint density at radius 2 is 2.27 bits per heavy atom. The monoisotopic (exact) mass is 160 g/mol. The van der Waals surface area contributed by atoms with Crippen LogP contribution in [-0.4, -0.2) is 41.4 Å². The van der Waals surface area contributed by atoms with Gasteiger partial charge in [0.15, 0.2) is 0 Å². The second-order valence-corrected chi connectivity index (χ2v) is 2.75. The number of carboxylic acids is 1. The van der Waals surface area contributed by atoms with Gasteiger partial charge in [0, 0.05) is 19.0 Å². The second kappa shape index (κ2) is 3.17. The summed E-state index contributed by atoms with van der Waals surface area (Å²) < 4.78 is 0. The van der Waals surface area contributed by atoms with Gasteiger partial charge in [-0.2, -0.15) is 0 Å². The summed E-state index contributed by atoms with van der Waals surface area (Å²) in [6.45, 7) is 0.917. The molecule has 0 bridgehead atoms. The maximum atomic E-state index is 10.4. The Morgan fingerprint density at radius 3 is 2.64 bits per heavy atom. The van der Waals surface area contributed by atoms with Crippen LogP contribution in [0, 0.1) is 5.92 Å². The van der Waals surface area contributed by atoms with Gasteiger partial charge >= 0.3 is 5.97 Å². The van der Waals surface area contributed by atoms with Crippen LogP contribution in [0.4, 0.5) is 0 Å². The third-order valence-corrected chi connectivity index (χ3v) is 1.97. The average molecular weight is 160 g/mol. The fraction of sp³-hybridized carbons (Fsp3) is 0.833. The second-order valence-electron chi connectivity index (χ2n) is 2.75. The number of rotatable bonds is 2. The van der Waals surface area contributed by atoms with Gasteiger partial charge < -0.3 is 21.3 Å². The lowest BCUT2D eigenvalue weighted by atomic mass is 9.98. The van der Waals surface area contributed by atoms with Crippen molar-refractivity contribution in [3.63, 3.8) is 0 Å². The number of nitrogens with one attached hydrogen (secondary N) is 1. The van der Waals surface area contributed by atoms with E-state index in [2.05, 4.69) is 5.32 Å². The van der Waals surface area contributed by atoms with Crippen molar-refractivity contribution in [2.24, 2.45) is 11.7 Å². The topological polar surface area (TPSA) is 95.6 Å². The number of aliphatic hydroxyl groups excluding tert-OH is 1. The molecule has 0 aromatic heterocycles. The van der Waals surface area contributed by atoms with Crippen LogP contribution in [0.3, 0.4) is 0 Å². The van der Waals surface area contributed by atoms with Crippen LogP contribution in [0.15, 0.2) is 0 Å². The zero-order valence-corrected chi connectivity index (χ0v) is 6.03. The van der Waals surface area contributed by atoms with Gasteiger partial charge in [-0.15, -0.1) is 0 Å².